The molecule has 0 aliphatic heterocycles. The quantitative estimate of drug-likeness (QED) is 0.636. The first kappa shape index (κ1) is 14.8. The number of aliphatic carboxylic acids is 1. The lowest BCUT2D eigenvalue weighted by molar-refractivity contribution is -0.385. The molecule has 104 valence electrons. The van der Waals surface area contributed by atoms with Crippen molar-refractivity contribution in [2.45, 2.75) is 13.3 Å². The summed E-state index contributed by atoms with van der Waals surface area (Å²) in [5, 5.41) is 19.3. The van der Waals surface area contributed by atoms with Crippen molar-refractivity contribution in [1.29, 1.82) is 0 Å². The summed E-state index contributed by atoms with van der Waals surface area (Å²) < 4.78 is 25.8. The van der Waals surface area contributed by atoms with Gasteiger partial charge in [-0.2, -0.15) is 0 Å². The number of non-ortho nitro benzene ring substituents is 1. The molecule has 1 rings (SSSR count). The number of rotatable bonds is 6. The maximum atomic E-state index is 12.9. The van der Waals surface area contributed by atoms with Crippen LogP contribution < -0.4 is 4.90 Å². The molecule has 0 fully saturated rings. The smallest absolute Gasteiger partial charge is 0.323 e. The maximum Gasteiger partial charge on any atom is 0.323 e. The molecule has 0 heterocycles. The Morgan fingerprint density at radius 2 is 2.16 bits per heavy atom. The molecule has 0 amide bonds. The van der Waals surface area contributed by atoms with E-state index in [2.05, 4.69) is 0 Å². The van der Waals surface area contributed by atoms with E-state index in [-0.39, 0.29) is 12.2 Å². The van der Waals surface area contributed by atoms with Gasteiger partial charge in [0.15, 0.2) is 0 Å². The van der Waals surface area contributed by atoms with Gasteiger partial charge in [-0.05, 0) is 13.0 Å². The van der Waals surface area contributed by atoms with Gasteiger partial charge < -0.3 is 10.0 Å². The van der Waals surface area contributed by atoms with Crippen molar-refractivity contribution in [2.75, 3.05) is 18.0 Å². The molecule has 0 aliphatic rings. The number of benzene rings is 1. The minimum atomic E-state index is -2.92. The highest BCUT2D eigenvalue weighted by atomic mass is 19.3. The summed E-state index contributed by atoms with van der Waals surface area (Å²) in [6.07, 6.45) is -2.92. The number of likely N-dealkylation sites (N-methyl/N-ethyl adjacent to an activating group) is 1. The van der Waals surface area contributed by atoms with Crippen LogP contribution in [0, 0.1) is 10.1 Å². The fourth-order valence-corrected chi connectivity index (χ4v) is 1.65. The van der Waals surface area contributed by atoms with E-state index in [4.69, 9.17) is 5.11 Å². The minimum absolute atomic E-state index is 0.00880. The van der Waals surface area contributed by atoms with Crippen LogP contribution in [-0.4, -0.2) is 29.1 Å². The van der Waals surface area contributed by atoms with Crippen molar-refractivity contribution in [2.24, 2.45) is 0 Å². The van der Waals surface area contributed by atoms with Crippen molar-refractivity contribution in [3.63, 3.8) is 0 Å². The molecule has 1 aromatic carbocycles. The van der Waals surface area contributed by atoms with Crippen LogP contribution in [0.25, 0.3) is 0 Å². The van der Waals surface area contributed by atoms with Crippen molar-refractivity contribution in [1.82, 2.24) is 0 Å². The van der Waals surface area contributed by atoms with E-state index in [9.17, 15) is 23.7 Å². The zero-order chi connectivity index (χ0) is 14.6. The summed E-state index contributed by atoms with van der Waals surface area (Å²) >= 11 is 0. The Labute approximate surface area is 107 Å². The van der Waals surface area contributed by atoms with E-state index in [1.54, 1.807) is 6.92 Å². The zero-order valence-electron chi connectivity index (χ0n) is 10.0. The molecule has 0 radical (unpaired) electrons. The Bertz CT molecular complexity index is 494. The van der Waals surface area contributed by atoms with Crippen LogP contribution in [0.4, 0.5) is 20.2 Å². The standard InChI is InChI=1S/C11H12F2N2O4/c1-2-14(6-10(16)17)9-4-3-7(15(18)19)5-8(9)11(12)13/h3-5,11H,2,6H2,1H3,(H,16,17). The third-order valence-electron chi connectivity index (χ3n) is 2.51. The second kappa shape index (κ2) is 6.07. The van der Waals surface area contributed by atoms with E-state index < -0.39 is 35.1 Å². The summed E-state index contributed by atoms with van der Waals surface area (Å²) in [6.45, 7) is 1.36. The summed E-state index contributed by atoms with van der Waals surface area (Å²) in [5.74, 6) is -1.17. The first-order valence-electron chi connectivity index (χ1n) is 5.40. The van der Waals surface area contributed by atoms with Crippen LogP contribution in [-0.2, 0) is 4.79 Å². The number of hydrogen-bond donors (Lipinski definition) is 1. The predicted molar refractivity (Wildman–Crippen MR) is 63.6 cm³/mol. The highest BCUT2D eigenvalue weighted by Gasteiger charge is 2.21. The molecular formula is C11H12F2N2O4. The summed E-state index contributed by atoms with van der Waals surface area (Å²) in [6, 6.07) is 2.99. The molecule has 0 spiro atoms. The van der Waals surface area contributed by atoms with Crippen molar-refractivity contribution < 1.29 is 23.6 Å². The molecule has 0 saturated carbocycles. The largest absolute Gasteiger partial charge is 0.480 e. The van der Waals surface area contributed by atoms with Gasteiger partial charge in [0.2, 0.25) is 0 Å². The highest BCUT2D eigenvalue weighted by Crippen LogP contribution is 2.32. The Balaban J connectivity index is 3.25. The number of nitro benzene ring substituents is 1. The Morgan fingerprint density at radius 1 is 1.53 bits per heavy atom. The van der Waals surface area contributed by atoms with Gasteiger partial charge in [-0.3, -0.25) is 14.9 Å². The Hall–Kier alpha value is -2.25. The molecule has 8 heteroatoms. The number of nitrogens with zero attached hydrogens (tertiary/aromatic N) is 2. The molecule has 0 atom stereocenters. The van der Waals surface area contributed by atoms with Crippen LogP contribution in [0.3, 0.4) is 0 Å². The van der Waals surface area contributed by atoms with Gasteiger partial charge in [0.05, 0.1) is 4.92 Å². The molecule has 1 N–H and O–H groups in total. The van der Waals surface area contributed by atoms with Crippen LogP contribution >= 0.6 is 0 Å². The van der Waals surface area contributed by atoms with Crippen molar-refractivity contribution >= 4 is 17.3 Å². The molecule has 0 aromatic heterocycles. The van der Waals surface area contributed by atoms with Crippen LogP contribution in [0.15, 0.2) is 18.2 Å². The van der Waals surface area contributed by atoms with E-state index in [0.29, 0.717) is 0 Å². The van der Waals surface area contributed by atoms with Gasteiger partial charge in [-0.15, -0.1) is 0 Å². The fraction of sp³-hybridized carbons (Fsp3) is 0.364. The topological polar surface area (TPSA) is 83.7 Å². The number of alkyl halides is 2. The SMILES string of the molecule is CCN(CC(=O)O)c1ccc([N+](=O)[O-])cc1C(F)F. The summed E-state index contributed by atoms with van der Waals surface area (Å²) in [7, 11) is 0. The first-order valence-corrected chi connectivity index (χ1v) is 5.40. The minimum Gasteiger partial charge on any atom is -0.480 e. The average Bonchev–Trinajstić information content (AvgIpc) is 2.34. The van der Waals surface area contributed by atoms with Gasteiger partial charge >= 0.3 is 5.97 Å². The third kappa shape index (κ3) is 3.60. The second-order valence-electron chi connectivity index (χ2n) is 3.71. The summed E-state index contributed by atoms with van der Waals surface area (Å²) in [5.41, 5.74) is -1.01. The predicted octanol–water partition coefficient (Wildman–Crippen LogP) is 2.44. The molecule has 0 saturated heterocycles. The Kier molecular flexibility index (Phi) is 4.74. The van der Waals surface area contributed by atoms with E-state index in [1.807, 2.05) is 0 Å². The van der Waals surface area contributed by atoms with Crippen LogP contribution in [0.2, 0.25) is 0 Å². The number of carboxylic acid groups (broad SMARTS) is 1. The highest BCUT2D eigenvalue weighted by molar-refractivity contribution is 5.74. The molecule has 6 nitrogen and oxygen atoms in total. The molecule has 0 bridgehead atoms. The number of nitro groups is 1. The number of anilines is 1. The zero-order valence-corrected chi connectivity index (χ0v) is 10.0. The maximum absolute atomic E-state index is 12.9. The Morgan fingerprint density at radius 3 is 2.58 bits per heavy atom. The van der Waals surface area contributed by atoms with Gasteiger partial charge in [0.25, 0.3) is 12.1 Å². The second-order valence-corrected chi connectivity index (χ2v) is 3.71. The number of hydrogen-bond acceptors (Lipinski definition) is 4. The molecule has 1 aromatic rings. The normalized spacial score (nSPS) is 10.5. The first-order chi connectivity index (χ1) is 8.86. The average molecular weight is 274 g/mol. The van der Waals surface area contributed by atoms with E-state index in [0.717, 1.165) is 18.2 Å². The molecule has 19 heavy (non-hydrogen) atoms. The summed E-state index contributed by atoms with van der Waals surface area (Å²) in [4.78, 5) is 21.7. The lowest BCUT2D eigenvalue weighted by Gasteiger charge is -2.23. The molecular weight excluding hydrogens is 262 g/mol. The number of carbonyl (C=O) groups is 1. The van der Waals surface area contributed by atoms with E-state index in [1.165, 1.54) is 4.90 Å². The number of carboxylic acids is 1. The van der Waals surface area contributed by atoms with Gasteiger partial charge in [0, 0.05) is 29.9 Å². The lowest BCUT2D eigenvalue weighted by Crippen LogP contribution is -2.30. The fourth-order valence-electron chi connectivity index (χ4n) is 1.65. The lowest BCUT2D eigenvalue weighted by atomic mass is 10.1. The van der Waals surface area contributed by atoms with Gasteiger partial charge in [0.1, 0.15) is 6.54 Å². The van der Waals surface area contributed by atoms with Crippen LogP contribution in [0.5, 0.6) is 0 Å². The van der Waals surface area contributed by atoms with Gasteiger partial charge in [-0.1, -0.05) is 0 Å². The van der Waals surface area contributed by atoms with Crippen LogP contribution in [0.1, 0.15) is 18.9 Å². The number of halogens is 2. The molecule has 0 unspecified atom stereocenters. The van der Waals surface area contributed by atoms with Gasteiger partial charge in [-0.25, -0.2) is 8.78 Å². The van der Waals surface area contributed by atoms with Crippen molar-refractivity contribution in [3.05, 3.63) is 33.9 Å². The van der Waals surface area contributed by atoms with Crippen molar-refractivity contribution in [3.8, 4) is 0 Å². The monoisotopic (exact) mass is 274 g/mol. The van der Waals surface area contributed by atoms with E-state index >= 15 is 0 Å². The third-order valence-corrected chi connectivity index (χ3v) is 2.51. The molecule has 0 aliphatic carbocycles.